The Morgan fingerprint density at radius 3 is 3.12 bits per heavy atom. The lowest BCUT2D eigenvalue weighted by molar-refractivity contribution is -0.132. The van der Waals surface area contributed by atoms with Gasteiger partial charge in [-0.1, -0.05) is 6.92 Å². The minimum Gasteiger partial charge on any atom is -0.345 e. The van der Waals surface area contributed by atoms with Gasteiger partial charge in [0.25, 0.3) is 0 Å². The molecule has 0 bridgehead atoms. The van der Waals surface area contributed by atoms with E-state index in [-0.39, 0.29) is 11.8 Å². The van der Waals surface area contributed by atoms with Gasteiger partial charge in [-0.05, 0) is 18.4 Å². The Morgan fingerprint density at radius 2 is 2.28 bits per heavy atom. The van der Waals surface area contributed by atoms with Gasteiger partial charge in [-0.25, -0.2) is 9.97 Å². The number of aromatic nitrogens is 4. The maximum absolute atomic E-state index is 12.4. The van der Waals surface area contributed by atoms with Crippen LogP contribution in [-0.4, -0.2) is 43.2 Å². The van der Waals surface area contributed by atoms with Gasteiger partial charge in [-0.3, -0.25) is 9.20 Å². The third-order valence-corrected chi connectivity index (χ3v) is 5.21. The second-order valence-electron chi connectivity index (χ2n) is 6.76. The summed E-state index contributed by atoms with van der Waals surface area (Å²) in [5.74, 6) is 4.36. The molecule has 1 amide bonds. The van der Waals surface area contributed by atoms with Crippen molar-refractivity contribution in [3.05, 3.63) is 30.5 Å². The number of hydrogen-bond donors (Lipinski definition) is 1. The first-order chi connectivity index (χ1) is 12.2. The van der Waals surface area contributed by atoms with E-state index in [1.54, 1.807) is 0 Å². The van der Waals surface area contributed by atoms with Crippen molar-refractivity contribution in [1.29, 1.82) is 0 Å². The number of amides is 1. The zero-order valence-corrected chi connectivity index (χ0v) is 14.3. The Morgan fingerprint density at radius 1 is 1.44 bits per heavy atom. The highest BCUT2D eigenvalue weighted by Gasteiger charge is 2.32. The summed E-state index contributed by atoms with van der Waals surface area (Å²) in [7, 11) is 0. The second kappa shape index (κ2) is 6.25. The van der Waals surface area contributed by atoms with Crippen molar-refractivity contribution in [3.63, 3.8) is 0 Å². The Balaban J connectivity index is 1.70. The van der Waals surface area contributed by atoms with Gasteiger partial charge in [0, 0.05) is 38.0 Å². The molecule has 4 heterocycles. The summed E-state index contributed by atoms with van der Waals surface area (Å²) >= 11 is 0. The lowest BCUT2D eigenvalue weighted by Crippen LogP contribution is -2.42. The van der Waals surface area contributed by atoms with Crippen molar-refractivity contribution in [2.24, 2.45) is 5.92 Å². The number of likely N-dealkylation sites (tertiary alicyclic amines) is 1. The van der Waals surface area contributed by atoms with Crippen LogP contribution in [0.3, 0.4) is 0 Å². The molecule has 6 nitrogen and oxygen atoms in total. The number of terminal acetylenes is 1. The summed E-state index contributed by atoms with van der Waals surface area (Å²) in [6, 6.07) is 2.02. The minimum atomic E-state index is 0.143. The average molecular weight is 335 g/mol. The van der Waals surface area contributed by atoms with E-state index in [1.807, 2.05) is 29.6 Å². The van der Waals surface area contributed by atoms with E-state index in [0.29, 0.717) is 25.3 Å². The Kier molecular flexibility index (Phi) is 3.92. The van der Waals surface area contributed by atoms with E-state index in [1.165, 1.54) is 0 Å². The molecule has 1 N–H and O–H groups in total. The molecule has 3 aromatic heterocycles. The van der Waals surface area contributed by atoms with Crippen LogP contribution in [0.15, 0.2) is 24.7 Å². The van der Waals surface area contributed by atoms with Crippen LogP contribution in [0.25, 0.3) is 16.7 Å². The zero-order valence-electron chi connectivity index (χ0n) is 14.3. The maximum atomic E-state index is 12.4. The number of nitrogens with one attached hydrogen (secondary N) is 1. The topological polar surface area (TPSA) is 66.3 Å². The SMILES string of the molecule is C#CCCC(=O)N1CCC(C)C(c2ncc3cnc4[nH]ccc4n23)C1. The molecule has 3 aromatic rings. The van der Waals surface area contributed by atoms with Crippen LogP contribution in [0.1, 0.15) is 37.9 Å². The fourth-order valence-corrected chi connectivity index (χ4v) is 3.73. The number of carbonyl (C=O) groups is 1. The first-order valence-electron chi connectivity index (χ1n) is 8.69. The van der Waals surface area contributed by atoms with Gasteiger partial charge < -0.3 is 9.88 Å². The fourth-order valence-electron chi connectivity index (χ4n) is 3.73. The normalized spacial score (nSPS) is 20.9. The van der Waals surface area contributed by atoms with Crippen LogP contribution in [0.4, 0.5) is 0 Å². The molecule has 2 atom stereocenters. The maximum Gasteiger partial charge on any atom is 0.223 e. The highest BCUT2D eigenvalue weighted by Crippen LogP contribution is 2.33. The van der Waals surface area contributed by atoms with Crippen molar-refractivity contribution in [3.8, 4) is 12.3 Å². The summed E-state index contributed by atoms with van der Waals surface area (Å²) in [5, 5.41) is 0. The molecule has 6 heteroatoms. The molecular formula is C19H21N5O. The number of piperidine rings is 1. The largest absolute Gasteiger partial charge is 0.345 e. The number of aromatic amines is 1. The summed E-state index contributed by atoms with van der Waals surface area (Å²) in [5.41, 5.74) is 2.84. The molecule has 1 aliphatic heterocycles. The molecule has 128 valence electrons. The monoisotopic (exact) mass is 335 g/mol. The molecule has 2 unspecified atom stereocenters. The molecule has 25 heavy (non-hydrogen) atoms. The van der Waals surface area contributed by atoms with Gasteiger partial charge >= 0.3 is 0 Å². The highest BCUT2D eigenvalue weighted by atomic mass is 16.2. The standard InChI is InChI=1S/C19H21N5O/c1-3-4-5-17(25)23-9-7-13(2)15(12-23)19-22-11-14-10-21-18-16(24(14)19)6-8-20-18/h1,6,8,10-11,13,15,20H,4-5,7,9,12H2,2H3. The predicted octanol–water partition coefficient (Wildman–Crippen LogP) is 2.58. The van der Waals surface area contributed by atoms with Crippen LogP contribution in [0.2, 0.25) is 0 Å². The van der Waals surface area contributed by atoms with Gasteiger partial charge in [0.05, 0.1) is 23.4 Å². The highest BCUT2D eigenvalue weighted by molar-refractivity contribution is 5.77. The third-order valence-electron chi connectivity index (χ3n) is 5.21. The predicted molar refractivity (Wildman–Crippen MR) is 96.0 cm³/mol. The van der Waals surface area contributed by atoms with Crippen molar-refractivity contribution in [1.82, 2.24) is 24.3 Å². The quantitative estimate of drug-likeness (QED) is 0.748. The molecule has 0 spiro atoms. The van der Waals surface area contributed by atoms with Crippen molar-refractivity contribution in [2.75, 3.05) is 13.1 Å². The molecule has 0 saturated carbocycles. The second-order valence-corrected chi connectivity index (χ2v) is 6.76. The molecule has 1 aliphatic rings. The van der Waals surface area contributed by atoms with Gasteiger partial charge in [0.2, 0.25) is 5.91 Å². The molecule has 1 fully saturated rings. The Labute approximate surface area is 146 Å². The van der Waals surface area contributed by atoms with Gasteiger partial charge in [-0.2, -0.15) is 0 Å². The number of imidazole rings is 1. The van der Waals surface area contributed by atoms with Crippen molar-refractivity contribution in [2.45, 2.75) is 32.1 Å². The number of H-pyrrole nitrogens is 1. The van der Waals surface area contributed by atoms with Gasteiger partial charge in [0.15, 0.2) is 5.65 Å². The molecule has 4 rings (SSSR count). The summed E-state index contributed by atoms with van der Waals surface area (Å²) < 4.78 is 2.16. The molecule has 0 aromatic carbocycles. The Hall–Kier alpha value is -2.81. The third kappa shape index (κ3) is 2.66. The molecule has 1 saturated heterocycles. The number of fused-ring (bicyclic) bond motifs is 3. The molecule has 0 radical (unpaired) electrons. The average Bonchev–Trinajstić information content (AvgIpc) is 3.25. The van der Waals surface area contributed by atoms with E-state index in [0.717, 1.165) is 35.5 Å². The van der Waals surface area contributed by atoms with E-state index in [4.69, 9.17) is 11.4 Å². The number of hydrogen-bond acceptors (Lipinski definition) is 3. The van der Waals surface area contributed by atoms with E-state index < -0.39 is 0 Å². The summed E-state index contributed by atoms with van der Waals surface area (Å²) in [6.07, 6.45) is 12.8. The zero-order chi connectivity index (χ0) is 17.4. The van der Waals surface area contributed by atoms with Crippen LogP contribution in [0.5, 0.6) is 0 Å². The van der Waals surface area contributed by atoms with Crippen molar-refractivity contribution >= 4 is 22.6 Å². The smallest absolute Gasteiger partial charge is 0.223 e. The first kappa shape index (κ1) is 15.7. The number of carbonyl (C=O) groups excluding carboxylic acids is 1. The van der Waals surface area contributed by atoms with Gasteiger partial charge in [0.1, 0.15) is 5.82 Å². The fraction of sp³-hybridized carbons (Fsp3) is 0.421. The van der Waals surface area contributed by atoms with E-state index in [2.05, 4.69) is 27.2 Å². The van der Waals surface area contributed by atoms with Crippen LogP contribution in [0, 0.1) is 18.3 Å². The first-order valence-corrected chi connectivity index (χ1v) is 8.69. The van der Waals surface area contributed by atoms with Crippen LogP contribution < -0.4 is 0 Å². The summed E-state index contributed by atoms with van der Waals surface area (Å²) in [4.78, 5) is 26.6. The van der Waals surface area contributed by atoms with Crippen LogP contribution >= 0.6 is 0 Å². The van der Waals surface area contributed by atoms with Gasteiger partial charge in [-0.15, -0.1) is 12.3 Å². The number of nitrogens with zero attached hydrogens (tertiary/aromatic N) is 4. The minimum absolute atomic E-state index is 0.143. The van der Waals surface area contributed by atoms with Crippen LogP contribution in [-0.2, 0) is 4.79 Å². The number of rotatable bonds is 3. The summed E-state index contributed by atoms with van der Waals surface area (Å²) in [6.45, 7) is 3.73. The molecular weight excluding hydrogens is 314 g/mol. The van der Waals surface area contributed by atoms with E-state index >= 15 is 0 Å². The lowest BCUT2D eigenvalue weighted by Gasteiger charge is -2.36. The Bertz CT molecular complexity index is 963. The van der Waals surface area contributed by atoms with E-state index in [9.17, 15) is 4.79 Å². The molecule has 0 aliphatic carbocycles. The lowest BCUT2D eigenvalue weighted by atomic mass is 9.86. The van der Waals surface area contributed by atoms with Crippen molar-refractivity contribution < 1.29 is 4.79 Å².